The molecule has 1 heterocycles. The Kier molecular flexibility index (Phi) is 5.32. The molecule has 1 aromatic rings. The predicted molar refractivity (Wildman–Crippen MR) is 89.7 cm³/mol. The van der Waals surface area contributed by atoms with E-state index >= 15 is 0 Å². The number of phenolic OH excluding ortho intramolecular Hbond substituents is 1. The van der Waals surface area contributed by atoms with Crippen LogP contribution in [-0.4, -0.2) is 54.2 Å². The SMILES string of the molecule is CCN1CCC[C@@H]1N(C)C(=O)c1c(OC)ccc([123I])c1O. The molecule has 1 fully saturated rings. The zero-order valence-electron chi connectivity index (χ0n) is 12.6. The van der Waals surface area contributed by atoms with Gasteiger partial charge < -0.3 is 14.7 Å². The minimum absolute atomic E-state index is 0.00662. The van der Waals surface area contributed by atoms with Gasteiger partial charge in [0, 0.05) is 13.6 Å². The summed E-state index contributed by atoms with van der Waals surface area (Å²) in [6.45, 7) is 4.02. The van der Waals surface area contributed by atoms with E-state index < -0.39 is 0 Å². The van der Waals surface area contributed by atoms with Gasteiger partial charge in [0.2, 0.25) is 0 Å². The number of hydrogen-bond donors (Lipinski definition) is 1. The maximum atomic E-state index is 12.8. The van der Waals surface area contributed by atoms with Crippen molar-refractivity contribution in [1.82, 2.24) is 9.80 Å². The molecule has 0 unspecified atom stereocenters. The van der Waals surface area contributed by atoms with Crippen molar-refractivity contribution >= 4 is 28.5 Å². The summed E-state index contributed by atoms with van der Waals surface area (Å²) in [5.41, 5.74) is 0.245. The third-order valence-electron chi connectivity index (χ3n) is 4.03. The van der Waals surface area contributed by atoms with Gasteiger partial charge in [-0.15, -0.1) is 0 Å². The highest BCUT2D eigenvalue weighted by molar-refractivity contribution is 14.1. The molecule has 0 bridgehead atoms. The first kappa shape index (κ1) is 16.4. The van der Waals surface area contributed by atoms with E-state index in [-0.39, 0.29) is 23.4 Å². The van der Waals surface area contributed by atoms with Crippen LogP contribution in [0.1, 0.15) is 30.1 Å². The van der Waals surface area contributed by atoms with Crippen molar-refractivity contribution in [2.24, 2.45) is 0 Å². The van der Waals surface area contributed by atoms with Crippen molar-refractivity contribution in [2.75, 3.05) is 27.2 Å². The van der Waals surface area contributed by atoms with E-state index in [9.17, 15) is 9.90 Å². The number of methoxy groups -OCH3 is 1. The highest BCUT2D eigenvalue weighted by Gasteiger charge is 2.32. The van der Waals surface area contributed by atoms with Crippen molar-refractivity contribution in [3.63, 3.8) is 0 Å². The van der Waals surface area contributed by atoms with E-state index in [0.29, 0.717) is 9.32 Å². The second-order valence-electron chi connectivity index (χ2n) is 5.14. The van der Waals surface area contributed by atoms with Crippen LogP contribution >= 0.6 is 22.6 Å². The third kappa shape index (κ3) is 3.11. The number of nitrogens with zero attached hydrogens (tertiary/aromatic N) is 2. The summed E-state index contributed by atoms with van der Waals surface area (Å²) in [4.78, 5) is 16.8. The van der Waals surface area contributed by atoms with Crippen LogP contribution in [0.5, 0.6) is 11.5 Å². The van der Waals surface area contributed by atoms with E-state index in [1.807, 2.05) is 22.6 Å². The number of phenols is 1. The molecule has 0 aromatic heterocycles. The molecule has 2 rings (SSSR count). The Morgan fingerprint density at radius 1 is 1.57 bits per heavy atom. The average molecular weight is 400 g/mol. The molecule has 116 valence electrons. The summed E-state index contributed by atoms with van der Waals surface area (Å²) in [5.74, 6) is 0.201. The van der Waals surface area contributed by atoms with Crippen LogP contribution < -0.4 is 4.74 Å². The fourth-order valence-corrected chi connectivity index (χ4v) is 3.30. The number of carbonyl (C=O) groups is 1. The van der Waals surface area contributed by atoms with Gasteiger partial charge in [-0.3, -0.25) is 9.69 Å². The van der Waals surface area contributed by atoms with Gasteiger partial charge in [0.15, 0.2) is 0 Å². The van der Waals surface area contributed by atoms with E-state index in [1.165, 1.54) is 7.11 Å². The lowest BCUT2D eigenvalue weighted by Gasteiger charge is -2.32. The normalized spacial score (nSPS) is 18.8. The van der Waals surface area contributed by atoms with Crippen LogP contribution in [-0.2, 0) is 0 Å². The first-order chi connectivity index (χ1) is 10.0. The lowest BCUT2D eigenvalue weighted by atomic mass is 10.1. The van der Waals surface area contributed by atoms with E-state index in [2.05, 4.69) is 11.8 Å². The fourth-order valence-electron chi connectivity index (χ4n) is 2.85. The van der Waals surface area contributed by atoms with Crippen LogP contribution in [0.2, 0.25) is 0 Å². The fraction of sp³-hybridized carbons (Fsp3) is 0.533. The molecule has 1 aliphatic heterocycles. The number of halogens is 1. The number of hydrogen-bond acceptors (Lipinski definition) is 4. The van der Waals surface area contributed by atoms with E-state index in [1.54, 1.807) is 24.1 Å². The predicted octanol–water partition coefficient (Wildman–Crippen LogP) is 2.52. The molecular weight excluding hydrogens is 379 g/mol. The molecule has 0 aliphatic carbocycles. The summed E-state index contributed by atoms with van der Waals surface area (Å²) >= 11 is 2.01. The van der Waals surface area contributed by atoms with Crippen molar-refractivity contribution in [3.05, 3.63) is 21.3 Å². The molecule has 5 nitrogen and oxygen atoms in total. The second kappa shape index (κ2) is 6.83. The lowest BCUT2D eigenvalue weighted by Crippen LogP contribution is -2.45. The molecule has 0 spiro atoms. The highest BCUT2D eigenvalue weighted by atomic mass is 123. The largest absolute Gasteiger partial charge is 0.506 e. The molecule has 21 heavy (non-hydrogen) atoms. The molecular formula is C15H21IN2O3. The number of amides is 1. The molecule has 1 amide bonds. The van der Waals surface area contributed by atoms with E-state index in [0.717, 1.165) is 25.9 Å². The van der Waals surface area contributed by atoms with Gasteiger partial charge in [0.05, 0.1) is 16.8 Å². The maximum absolute atomic E-state index is 12.8. The Morgan fingerprint density at radius 2 is 2.29 bits per heavy atom. The molecule has 1 saturated heterocycles. The standard InChI is InChI=1S/C15H21IN2O3/c1-4-18-9-5-6-12(18)17(2)15(20)13-11(21-3)8-7-10(16)14(13)19/h7-8,12,19H,4-6,9H2,1-3H3/t12-/m1/s1/i16-4. The number of likely N-dealkylation sites (tertiary alicyclic amines) is 1. The Labute approximate surface area is 139 Å². The number of rotatable bonds is 4. The Morgan fingerprint density at radius 3 is 2.90 bits per heavy atom. The van der Waals surface area contributed by atoms with Crippen molar-refractivity contribution < 1.29 is 14.6 Å². The van der Waals surface area contributed by atoms with Crippen LogP contribution in [0.4, 0.5) is 0 Å². The summed E-state index contributed by atoms with van der Waals surface area (Å²) in [6.07, 6.45) is 2.14. The third-order valence-corrected chi connectivity index (χ3v) is 4.90. The van der Waals surface area contributed by atoms with E-state index in [4.69, 9.17) is 4.74 Å². The quantitative estimate of drug-likeness (QED) is 0.790. The molecule has 6 heteroatoms. The molecule has 1 aromatic carbocycles. The topological polar surface area (TPSA) is 53.0 Å². The zero-order chi connectivity index (χ0) is 15.6. The Bertz CT molecular complexity index is 536. The van der Waals surface area contributed by atoms with Gasteiger partial charge in [0.1, 0.15) is 17.1 Å². The minimum Gasteiger partial charge on any atom is -0.506 e. The van der Waals surface area contributed by atoms with Crippen molar-refractivity contribution in [2.45, 2.75) is 25.9 Å². The summed E-state index contributed by atoms with van der Waals surface area (Å²) in [6, 6.07) is 3.45. The van der Waals surface area contributed by atoms with Crippen molar-refractivity contribution in [1.29, 1.82) is 0 Å². The van der Waals surface area contributed by atoms with Crippen LogP contribution in [0.15, 0.2) is 12.1 Å². The van der Waals surface area contributed by atoms with Crippen LogP contribution in [0.3, 0.4) is 0 Å². The number of aromatic hydroxyl groups is 1. The number of carbonyl (C=O) groups excluding carboxylic acids is 1. The zero-order valence-corrected chi connectivity index (χ0v) is 14.8. The van der Waals surface area contributed by atoms with Gasteiger partial charge in [0.25, 0.3) is 5.91 Å². The molecule has 1 aliphatic rings. The van der Waals surface area contributed by atoms with Gasteiger partial charge in [-0.25, -0.2) is 0 Å². The van der Waals surface area contributed by atoms with Gasteiger partial charge >= 0.3 is 0 Å². The monoisotopic (exact) mass is 400 g/mol. The summed E-state index contributed by atoms with van der Waals surface area (Å²) in [7, 11) is 3.30. The highest BCUT2D eigenvalue weighted by Crippen LogP contribution is 2.34. The molecule has 0 radical (unpaired) electrons. The summed E-state index contributed by atoms with van der Waals surface area (Å²) < 4.78 is 5.89. The number of ether oxygens (including phenoxy) is 1. The molecule has 1 atom stereocenters. The smallest absolute Gasteiger partial charge is 0.262 e. The first-order valence-electron chi connectivity index (χ1n) is 7.07. The van der Waals surface area contributed by atoms with Gasteiger partial charge in [-0.2, -0.15) is 0 Å². The Hall–Kier alpha value is -1.02. The molecule has 1 N–H and O–H groups in total. The molecule has 0 saturated carbocycles. The first-order valence-corrected chi connectivity index (χ1v) is 8.15. The van der Waals surface area contributed by atoms with Crippen LogP contribution in [0.25, 0.3) is 0 Å². The summed E-state index contributed by atoms with van der Waals surface area (Å²) in [5, 5.41) is 10.2. The lowest BCUT2D eigenvalue weighted by molar-refractivity contribution is 0.0541. The van der Waals surface area contributed by atoms with Gasteiger partial charge in [-0.1, -0.05) is 6.92 Å². The van der Waals surface area contributed by atoms with Crippen molar-refractivity contribution in [3.8, 4) is 11.5 Å². The van der Waals surface area contributed by atoms with Crippen LogP contribution in [0, 0.1) is 3.57 Å². The second-order valence-corrected chi connectivity index (χ2v) is 6.30. The van der Waals surface area contributed by atoms with Gasteiger partial charge in [-0.05, 0) is 54.1 Å². The Balaban J connectivity index is 2.33. The average Bonchev–Trinajstić information content (AvgIpc) is 2.96. The minimum atomic E-state index is -0.201. The number of benzene rings is 1. The maximum Gasteiger partial charge on any atom is 0.262 e.